The Morgan fingerprint density at radius 2 is 2.09 bits per heavy atom. The summed E-state index contributed by atoms with van der Waals surface area (Å²) in [5.74, 6) is 0.304. The predicted molar refractivity (Wildman–Crippen MR) is 98.9 cm³/mol. The Bertz CT molecular complexity index is 532. The number of carbonyl (C=O) groups is 1. The maximum atomic E-state index is 11.9. The molecule has 1 aromatic carbocycles. The highest BCUT2D eigenvalue weighted by atomic mass is 79.9. The second-order valence-electron chi connectivity index (χ2n) is 6.83. The average molecular weight is 406 g/mol. The first-order valence-corrected chi connectivity index (χ1v) is 8.84. The number of ether oxygens (including phenoxy) is 1. The maximum Gasteiger partial charge on any atom is 0.410 e. The molecule has 0 spiro atoms. The molecule has 130 valence electrons. The van der Waals surface area contributed by atoms with Crippen molar-refractivity contribution in [1.82, 2.24) is 10.2 Å². The highest BCUT2D eigenvalue weighted by Gasteiger charge is 2.20. The summed E-state index contributed by atoms with van der Waals surface area (Å²) in [5, 5.41) is 4.13. The first-order valence-electron chi connectivity index (χ1n) is 7.67. The highest BCUT2D eigenvalue weighted by molar-refractivity contribution is 9.10. The van der Waals surface area contributed by atoms with Gasteiger partial charge in [0, 0.05) is 29.6 Å². The summed E-state index contributed by atoms with van der Waals surface area (Å²) in [6.07, 6.45) is -0.292. The third-order valence-corrected chi connectivity index (χ3v) is 3.97. The number of benzene rings is 1. The molecule has 1 aromatic rings. The van der Waals surface area contributed by atoms with Crippen LogP contribution in [0.1, 0.15) is 33.3 Å². The first-order chi connectivity index (χ1) is 10.6. The summed E-state index contributed by atoms with van der Waals surface area (Å²) in [6.45, 7) is 9.81. The van der Waals surface area contributed by atoms with Crippen molar-refractivity contribution in [1.29, 1.82) is 0 Å². The highest BCUT2D eigenvalue weighted by Crippen LogP contribution is 2.20. The Kier molecular flexibility index (Phi) is 7.84. The lowest BCUT2D eigenvalue weighted by atomic mass is 10.1. The van der Waals surface area contributed by atoms with Crippen LogP contribution in [0.15, 0.2) is 22.7 Å². The molecule has 0 fully saturated rings. The molecule has 0 saturated carbocycles. The van der Waals surface area contributed by atoms with Gasteiger partial charge >= 0.3 is 6.09 Å². The van der Waals surface area contributed by atoms with Crippen molar-refractivity contribution in [3.8, 4) is 0 Å². The van der Waals surface area contributed by atoms with Gasteiger partial charge in [0.25, 0.3) is 0 Å². The SMILES string of the molecule is CC(CNCc1cc(Br)ccc1Cl)CN(C)C(=O)OC(C)(C)C. The van der Waals surface area contributed by atoms with E-state index < -0.39 is 5.60 Å². The molecule has 6 heteroatoms. The van der Waals surface area contributed by atoms with E-state index in [1.807, 2.05) is 39.0 Å². The van der Waals surface area contributed by atoms with Crippen LogP contribution in [0.4, 0.5) is 4.79 Å². The van der Waals surface area contributed by atoms with Gasteiger partial charge in [0.05, 0.1) is 0 Å². The van der Waals surface area contributed by atoms with E-state index in [2.05, 4.69) is 28.2 Å². The molecule has 4 nitrogen and oxygen atoms in total. The van der Waals surface area contributed by atoms with Gasteiger partial charge in [-0.1, -0.05) is 34.5 Å². The molecule has 1 amide bonds. The summed E-state index contributed by atoms with van der Waals surface area (Å²) >= 11 is 9.61. The van der Waals surface area contributed by atoms with E-state index in [1.165, 1.54) is 0 Å². The number of halogens is 2. The molecule has 1 atom stereocenters. The van der Waals surface area contributed by atoms with Crippen molar-refractivity contribution in [2.24, 2.45) is 5.92 Å². The van der Waals surface area contributed by atoms with Gasteiger partial charge in [-0.3, -0.25) is 0 Å². The zero-order valence-electron chi connectivity index (χ0n) is 14.5. The topological polar surface area (TPSA) is 41.6 Å². The van der Waals surface area contributed by atoms with Crippen LogP contribution >= 0.6 is 27.5 Å². The lowest BCUT2D eigenvalue weighted by molar-refractivity contribution is 0.0277. The Labute approximate surface area is 152 Å². The number of nitrogens with zero attached hydrogens (tertiary/aromatic N) is 1. The van der Waals surface area contributed by atoms with E-state index in [9.17, 15) is 4.79 Å². The van der Waals surface area contributed by atoms with Crippen molar-refractivity contribution >= 4 is 33.6 Å². The molecule has 0 heterocycles. The molecule has 0 aliphatic rings. The summed E-state index contributed by atoms with van der Waals surface area (Å²) in [5.41, 5.74) is 0.582. The van der Waals surface area contributed by atoms with Crippen molar-refractivity contribution in [2.75, 3.05) is 20.1 Å². The van der Waals surface area contributed by atoms with Crippen molar-refractivity contribution in [2.45, 2.75) is 39.8 Å². The van der Waals surface area contributed by atoms with E-state index in [0.29, 0.717) is 19.0 Å². The number of amides is 1. The minimum Gasteiger partial charge on any atom is -0.444 e. The number of nitrogens with one attached hydrogen (secondary N) is 1. The van der Waals surface area contributed by atoms with Gasteiger partial charge in [0.15, 0.2) is 0 Å². The van der Waals surface area contributed by atoms with Gasteiger partial charge < -0.3 is 15.0 Å². The molecule has 23 heavy (non-hydrogen) atoms. The number of hydrogen-bond donors (Lipinski definition) is 1. The van der Waals surface area contributed by atoms with Crippen LogP contribution in [-0.2, 0) is 11.3 Å². The second-order valence-corrected chi connectivity index (χ2v) is 8.16. The molecule has 1 unspecified atom stereocenters. The monoisotopic (exact) mass is 404 g/mol. The average Bonchev–Trinajstić information content (AvgIpc) is 2.40. The summed E-state index contributed by atoms with van der Waals surface area (Å²) in [4.78, 5) is 13.5. The van der Waals surface area contributed by atoms with Crippen molar-refractivity contribution in [3.63, 3.8) is 0 Å². The largest absolute Gasteiger partial charge is 0.444 e. The third-order valence-electron chi connectivity index (χ3n) is 3.11. The minimum atomic E-state index is -0.468. The Balaban J connectivity index is 2.38. The first kappa shape index (κ1) is 20.3. The van der Waals surface area contributed by atoms with Gasteiger partial charge in [-0.05, 0) is 57.0 Å². The molecule has 0 radical (unpaired) electrons. The van der Waals surface area contributed by atoms with Gasteiger partial charge in [-0.15, -0.1) is 0 Å². The molecule has 1 rings (SSSR count). The smallest absolute Gasteiger partial charge is 0.410 e. The Morgan fingerprint density at radius 1 is 1.43 bits per heavy atom. The number of hydrogen-bond acceptors (Lipinski definition) is 3. The van der Waals surface area contributed by atoms with E-state index in [-0.39, 0.29) is 6.09 Å². The van der Waals surface area contributed by atoms with E-state index >= 15 is 0 Å². The van der Waals surface area contributed by atoms with E-state index in [0.717, 1.165) is 21.6 Å². The van der Waals surface area contributed by atoms with E-state index in [1.54, 1.807) is 11.9 Å². The van der Waals surface area contributed by atoms with Crippen LogP contribution in [0.2, 0.25) is 5.02 Å². The lowest BCUT2D eigenvalue weighted by Crippen LogP contribution is -2.38. The molecule has 0 aliphatic heterocycles. The fourth-order valence-electron chi connectivity index (χ4n) is 2.08. The van der Waals surface area contributed by atoms with Crippen molar-refractivity contribution in [3.05, 3.63) is 33.3 Å². The molecule has 1 N–H and O–H groups in total. The van der Waals surface area contributed by atoms with Gasteiger partial charge in [0.1, 0.15) is 5.60 Å². The number of carbonyl (C=O) groups excluding carboxylic acids is 1. The van der Waals surface area contributed by atoms with Crippen LogP contribution < -0.4 is 5.32 Å². The van der Waals surface area contributed by atoms with Gasteiger partial charge in [-0.25, -0.2) is 4.79 Å². The van der Waals surface area contributed by atoms with Crippen LogP contribution in [0.3, 0.4) is 0 Å². The van der Waals surface area contributed by atoms with Crippen LogP contribution in [-0.4, -0.2) is 36.7 Å². The molecule has 0 bridgehead atoms. The molecule has 0 saturated heterocycles. The van der Waals surface area contributed by atoms with Gasteiger partial charge in [0.2, 0.25) is 0 Å². The Morgan fingerprint density at radius 3 is 2.70 bits per heavy atom. The molecular formula is C17H26BrClN2O2. The predicted octanol–water partition coefficient (Wildman–Crippen LogP) is 4.70. The van der Waals surface area contributed by atoms with Crippen molar-refractivity contribution < 1.29 is 9.53 Å². The summed E-state index contributed by atoms with van der Waals surface area (Å²) in [6, 6.07) is 5.80. The maximum absolute atomic E-state index is 11.9. The van der Waals surface area contributed by atoms with Gasteiger partial charge in [-0.2, -0.15) is 0 Å². The normalized spacial score (nSPS) is 12.8. The quantitative estimate of drug-likeness (QED) is 0.746. The molecule has 0 aliphatic carbocycles. The fourth-order valence-corrected chi connectivity index (χ4v) is 2.67. The third kappa shape index (κ3) is 8.04. The zero-order valence-corrected chi connectivity index (χ0v) is 16.8. The molecular weight excluding hydrogens is 380 g/mol. The van der Waals surface area contributed by atoms with Crippen LogP contribution in [0.5, 0.6) is 0 Å². The summed E-state index contributed by atoms with van der Waals surface area (Å²) in [7, 11) is 1.76. The second kappa shape index (κ2) is 8.90. The summed E-state index contributed by atoms with van der Waals surface area (Å²) < 4.78 is 6.36. The molecule has 0 aromatic heterocycles. The van der Waals surface area contributed by atoms with E-state index in [4.69, 9.17) is 16.3 Å². The lowest BCUT2D eigenvalue weighted by Gasteiger charge is -2.26. The standard InChI is InChI=1S/C17H26BrClN2O2/c1-12(11-21(5)16(22)23-17(2,3)4)9-20-10-13-8-14(18)6-7-15(13)19/h6-8,12,20H,9-11H2,1-5H3. The van der Waals surface area contributed by atoms with Crippen LogP contribution in [0.25, 0.3) is 0 Å². The zero-order chi connectivity index (χ0) is 17.6. The fraction of sp³-hybridized carbons (Fsp3) is 0.588. The Hall–Kier alpha value is -0.780. The number of rotatable bonds is 6. The minimum absolute atomic E-state index is 0.292. The van der Waals surface area contributed by atoms with Crippen LogP contribution in [0, 0.1) is 5.92 Å².